The van der Waals surface area contributed by atoms with E-state index in [1.165, 1.54) is 11.1 Å². The molecule has 0 spiro atoms. The fourth-order valence-electron chi connectivity index (χ4n) is 2.97. The lowest BCUT2D eigenvalue weighted by molar-refractivity contribution is 0.0477. The van der Waals surface area contributed by atoms with E-state index in [-0.39, 0.29) is 0 Å². The Morgan fingerprint density at radius 3 is 1.50 bits per heavy atom. The molecule has 2 heteroatoms. The third-order valence-electron chi connectivity index (χ3n) is 4.14. The average molecular weight is 317 g/mol. The van der Waals surface area contributed by atoms with Gasteiger partial charge in [0.15, 0.2) is 0 Å². The lowest BCUT2D eigenvalue weighted by Crippen LogP contribution is -2.44. The van der Waals surface area contributed by atoms with E-state index in [1.54, 1.807) is 0 Å². The van der Waals surface area contributed by atoms with Crippen LogP contribution < -0.4 is 5.73 Å². The Bertz CT molecular complexity index is 749. The first kappa shape index (κ1) is 16.4. The molecule has 1 unspecified atom stereocenters. The summed E-state index contributed by atoms with van der Waals surface area (Å²) in [5.74, 6) is 0. The maximum Gasteiger partial charge on any atom is 0.121 e. The lowest BCUT2D eigenvalue weighted by atomic mass is 9.95. The van der Waals surface area contributed by atoms with Crippen molar-refractivity contribution in [3.63, 3.8) is 0 Å². The van der Waals surface area contributed by atoms with Gasteiger partial charge in [0.2, 0.25) is 0 Å². The van der Waals surface area contributed by atoms with Crippen LogP contribution in [0.4, 0.5) is 0 Å². The summed E-state index contributed by atoms with van der Waals surface area (Å²) in [5.41, 5.74) is 9.51. The highest BCUT2D eigenvalue weighted by atomic mass is 16.3. The van der Waals surface area contributed by atoms with E-state index in [0.29, 0.717) is 12.8 Å². The van der Waals surface area contributed by atoms with E-state index in [1.807, 2.05) is 36.4 Å². The van der Waals surface area contributed by atoms with E-state index < -0.39 is 5.72 Å². The van der Waals surface area contributed by atoms with Gasteiger partial charge >= 0.3 is 0 Å². The second-order valence-corrected chi connectivity index (χ2v) is 6.42. The molecule has 3 aromatic rings. The van der Waals surface area contributed by atoms with Gasteiger partial charge in [-0.1, -0.05) is 84.9 Å². The largest absolute Gasteiger partial charge is 0.375 e. The van der Waals surface area contributed by atoms with Crippen LogP contribution in [0.1, 0.15) is 22.3 Å². The predicted octanol–water partition coefficient (Wildman–Crippen LogP) is 3.71. The summed E-state index contributed by atoms with van der Waals surface area (Å²) in [4.78, 5) is 0. The van der Waals surface area contributed by atoms with E-state index >= 15 is 0 Å². The van der Waals surface area contributed by atoms with Gasteiger partial charge in [0, 0.05) is 12.8 Å². The van der Waals surface area contributed by atoms with Gasteiger partial charge in [-0.15, -0.1) is 0 Å². The monoisotopic (exact) mass is 317 g/mol. The summed E-state index contributed by atoms with van der Waals surface area (Å²) in [6.45, 7) is 0. The maximum absolute atomic E-state index is 10.5. The normalized spacial score (nSPS) is 13.4. The molecule has 0 aliphatic carbocycles. The van der Waals surface area contributed by atoms with Crippen molar-refractivity contribution in [1.29, 1.82) is 0 Å². The van der Waals surface area contributed by atoms with Crippen LogP contribution in [0.15, 0.2) is 84.9 Å². The maximum atomic E-state index is 10.5. The van der Waals surface area contributed by atoms with Crippen LogP contribution in [0, 0.1) is 0 Å². The molecule has 3 aromatic carbocycles. The zero-order valence-electron chi connectivity index (χ0n) is 13.7. The molecule has 0 amide bonds. The standard InChI is InChI=1S/C22H23NO/c23-22(24,16-20-9-5-2-6-10-20)17-21-13-11-19(12-14-21)15-18-7-3-1-4-8-18/h1-14,24H,15-17,23H2. The molecule has 0 heterocycles. The molecule has 1 atom stereocenters. The Kier molecular flexibility index (Phi) is 5.09. The predicted molar refractivity (Wildman–Crippen MR) is 98.7 cm³/mol. The lowest BCUT2D eigenvalue weighted by Gasteiger charge is -2.23. The molecule has 0 aromatic heterocycles. The Labute approximate surface area is 143 Å². The molecule has 24 heavy (non-hydrogen) atoms. The smallest absolute Gasteiger partial charge is 0.121 e. The van der Waals surface area contributed by atoms with Crippen LogP contribution in [0.3, 0.4) is 0 Å². The summed E-state index contributed by atoms with van der Waals surface area (Å²) in [6, 6.07) is 28.6. The molecular weight excluding hydrogens is 294 g/mol. The van der Waals surface area contributed by atoms with Crippen molar-refractivity contribution in [2.75, 3.05) is 0 Å². The Hall–Kier alpha value is -2.42. The van der Waals surface area contributed by atoms with Gasteiger partial charge in [-0.05, 0) is 28.7 Å². The topological polar surface area (TPSA) is 46.2 Å². The zero-order valence-corrected chi connectivity index (χ0v) is 13.7. The second kappa shape index (κ2) is 7.43. The van der Waals surface area contributed by atoms with Crippen LogP contribution in [-0.4, -0.2) is 10.8 Å². The molecule has 0 aliphatic heterocycles. The van der Waals surface area contributed by atoms with E-state index in [4.69, 9.17) is 5.73 Å². The number of rotatable bonds is 6. The SMILES string of the molecule is NC(O)(Cc1ccccc1)Cc1ccc(Cc2ccccc2)cc1. The van der Waals surface area contributed by atoms with Crippen LogP contribution >= 0.6 is 0 Å². The number of nitrogens with two attached hydrogens (primary N) is 1. The molecule has 3 rings (SSSR count). The fourth-order valence-corrected chi connectivity index (χ4v) is 2.97. The third-order valence-corrected chi connectivity index (χ3v) is 4.14. The van der Waals surface area contributed by atoms with Gasteiger partial charge in [-0.25, -0.2) is 0 Å². The second-order valence-electron chi connectivity index (χ2n) is 6.42. The molecule has 0 radical (unpaired) electrons. The van der Waals surface area contributed by atoms with Crippen LogP contribution in [0.2, 0.25) is 0 Å². The first-order valence-corrected chi connectivity index (χ1v) is 8.28. The zero-order chi connectivity index (χ0) is 16.8. The van der Waals surface area contributed by atoms with E-state index in [9.17, 15) is 5.11 Å². The Morgan fingerprint density at radius 2 is 0.958 bits per heavy atom. The molecule has 0 fully saturated rings. The Balaban J connectivity index is 1.63. The first-order valence-electron chi connectivity index (χ1n) is 8.28. The minimum Gasteiger partial charge on any atom is -0.375 e. The molecule has 0 bridgehead atoms. The molecule has 0 saturated carbocycles. The number of benzene rings is 3. The third kappa shape index (κ3) is 4.79. The quantitative estimate of drug-likeness (QED) is 0.681. The first-order chi connectivity index (χ1) is 11.6. The summed E-state index contributed by atoms with van der Waals surface area (Å²) in [6.07, 6.45) is 1.80. The van der Waals surface area contributed by atoms with Crippen molar-refractivity contribution in [3.8, 4) is 0 Å². The molecular formula is C22H23NO. The molecule has 0 aliphatic rings. The summed E-state index contributed by atoms with van der Waals surface area (Å²) >= 11 is 0. The molecule has 3 N–H and O–H groups in total. The van der Waals surface area contributed by atoms with Crippen molar-refractivity contribution < 1.29 is 5.11 Å². The fraction of sp³-hybridized carbons (Fsp3) is 0.182. The van der Waals surface area contributed by atoms with Crippen molar-refractivity contribution in [2.45, 2.75) is 25.0 Å². The van der Waals surface area contributed by atoms with Crippen molar-refractivity contribution in [1.82, 2.24) is 0 Å². The van der Waals surface area contributed by atoms with Gasteiger partial charge in [0.05, 0.1) is 0 Å². The minimum absolute atomic E-state index is 0.438. The molecule has 0 saturated heterocycles. The summed E-state index contributed by atoms with van der Waals surface area (Å²) in [5, 5.41) is 10.5. The van der Waals surface area contributed by atoms with Crippen molar-refractivity contribution >= 4 is 0 Å². The summed E-state index contributed by atoms with van der Waals surface area (Å²) in [7, 11) is 0. The van der Waals surface area contributed by atoms with Crippen LogP contribution in [0.5, 0.6) is 0 Å². The minimum atomic E-state index is -1.23. The highest BCUT2D eigenvalue weighted by molar-refractivity contribution is 5.29. The van der Waals surface area contributed by atoms with E-state index in [0.717, 1.165) is 17.5 Å². The number of aliphatic hydroxyl groups is 1. The number of hydrogen-bond donors (Lipinski definition) is 2. The summed E-state index contributed by atoms with van der Waals surface area (Å²) < 4.78 is 0. The number of hydrogen-bond acceptors (Lipinski definition) is 2. The molecule has 2 nitrogen and oxygen atoms in total. The van der Waals surface area contributed by atoms with Crippen molar-refractivity contribution in [2.24, 2.45) is 5.73 Å². The van der Waals surface area contributed by atoms with Crippen molar-refractivity contribution in [3.05, 3.63) is 107 Å². The van der Waals surface area contributed by atoms with Gasteiger partial charge in [0.25, 0.3) is 0 Å². The Morgan fingerprint density at radius 1 is 0.583 bits per heavy atom. The van der Waals surface area contributed by atoms with Gasteiger partial charge < -0.3 is 10.8 Å². The molecule has 122 valence electrons. The average Bonchev–Trinajstić information content (AvgIpc) is 2.58. The van der Waals surface area contributed by atoms with Crippen LogP contribution in [0.25, 0.3) is 0 Å². The highest BCUT2D eigenvalue weighted by Gasteiger charge is 2.22. The van der Waals surface area contributed by atoms with Gasteiger partial charge in [0.1, 0.15) is 5.72 Å². The van der Waals surface area contributed by atoms with Crippen LogP contribution in [-0.2, 0) is 19.3 Å². The van der Waals surface area contributed by atoms with Gasteiger partial charge in [-0.2, -0.15) is 0 Å². The highest BCUT2D eigenvalue weighted by Crippen LogP contribution is 2.16. The van der Waals surface area contributed by atoms with E-state index in [2.05, 4.69) is 48.5 Å². The van der Waals surface area contributed by atoms with Gasteiger partial charge in [-0.3, -0.25) is 0 Å².